The number of fused-ring (bicyclic) bond motifs is 5. The van der Waals surface area contributed by atoms with E-state index < -0.39 is 5.54 Å². The molecule has 14 heteroatoms. The van der Waals surface area contributed by atoms with Crippen molar-refractivity contribution in [3.8, 4) is 22.5 Å². The van der Waals surface area contributed by atoms with Crippen LogP contribution >= 0.6 is 21.6 Å². The van der Waals surface area contributed by atoms with Gasteiger partial charge in [-0.3, -0.25) is 19.2 Å². The number of carbonyl (C=O) groups excluding carboxylic acids is 4. The standard InChI is InChI=1S/C40H57N7O5S2/c1-8-41-35(50)27-47-38-30-15-10-9-14-29(30)26-46(32-17-12-11-16-31(32)37(38)44-45-47)36(51)20-19-34(49)43-39(4,5)21-23-52-40(6,7)22-25-54-53-24-13-18-33(48)42-28(2)3/h9-12,14-17,28H,8,13,18-27H2,1-7H3,(H,41,50)(H,42,48)(H,43,49). The van der Waals surface area contributed by atoms with E-state index in [1.807, 2.05) is 83.1 Å². The van der Waals surface area contributed by atoms with Crippen LogP contribution < -0.4 is 20.9 Å². The molecule has 4 rings (SSSR count). The highest BCUT2D eigenvalue weighted by molar-refractivity contribution is 8.76. The number of hydrogen-bond donors (Lipinski definition) is 3. The highest BCUT2D eigenvalue weighted by atomic mass is 33.1. The van der Waals surface area contributed by atoms with Crippen LogP contribution in [-0.4, -0.2) is 80.5 Å². The van der Waals surface area contributed by atoms with E-state index in [1.165, 1.54) is 0 Å². The van der Waals surface area contributed by atoms with Gasteiger partial charge in [0.1, 0.15) is 12.2 Å². The smallest absolute Gasteiger partial charge is 0.241 e. The number of anilines is 1. The number of likely N-dealkylation sites (N-methyl/N-ethyl adjacent to an activating group) is 1. The predicted octanol–water partition coefficient (Wildman–Crippen LogP) is 6.53. The first-order chi connectivity index (χ1) is 25.7. The molecule has 0 bridgehead atoms. The maximum absolute atomic E-state index is 14.0. The average molecular weight is 780 g/mol. The zero-order chi connectivity index (χ0) is 39.3. The molecular formula is C40H57N7O5S2. The minimum absolute atomic E-state index is 0.0199. The average Bonchev–Trinajstić information content (AvgIpc) is 3.50. The van der Waals surface area contributed by atoms with Gasteiger partial charge in [0, 0.05) is 66.6 Å². The second-order valence-electron chi connectivity index (χ2n) is 15.1. The Bertz CT molecular complexity index is 1740. The molecule has 0 saturated carbocycles. The van der Waals surface area contributed by atoms with E-state index in [4.69, 9.17) is 4.74 Å². The Morgan fingerprint density at radius 3 is 2.31 bits per heavy atom. The lowest BCUT2D eigenvalue weighted by molar-refractivity contribution is -0.126. The third kappa shape index (κ3) is 12.9. The summed E-state index contributed by atoms with van der Waals surface area (Å²) < 4.78 is 7.86. The third-order valence-corrected chi connectivity index (χ3v) is 11.5. The molecule has 0 fully saturated rings. The summed E-state index contributed by atoms with van der Waals surface area (Å²) in [5.41, 5.74) is 3.60. The maximum atomic E-state index is 14.0. The first kappa shape index (κ1) is 42.9. The molecule has 4 amide bonds. The number of nitrogens with one attached hydrogen (secondary N) is 3. The van der Waals surface area contributed by atoms with Crippen LogP contribution in [-0.2, 0) is 37.0 Å². The molecule has 1 aliphatic heterocycles. The Morgan fingerprint density at radius 1 is 0.870 bits per heavy atom. The molecule has 0 radical (unpaired) electrons. The van der Waals surface area contributed by atoms with Crippen LogP contribution in [0.25, 0.3) is 22.5 Å². The topological polar surface area (TPSA) is 148 Å². The number of rotatable bonds is 20. The molecular weight excluding hydrogens is 723 g/mol. The van der Waals surface area contributed by atoms with Crippen molar-refractivity contribution >= 4 is 50.9 Å². The van der Waals surface area contributed by atoms with Gasteiger partial charge < -0.3 is 25.6 Å². The summed E-state index contributed by atoms with van der Waals surface area (Å²) in [6, 6.07) is 15.5. The van der Waals surface area contributed by atoms with E-state index in [-0.39, 0.29) is 61.2 Å². The second kappa shape index (κ2) is 20.2. The highest BCUT2D eigenvalue weighted by Crippen LogP contribution is 2.41. The van der Waals surface area contributed by atoms with E-state index in [1.54, 1.807) is 31.2 Å². The van der Waals surface area contributed by atoms with Crippen molar-refractivity contribution in [2.24, 2.45) is 0 Å². The largest absolute Gasteiger partial charge is 0.375 e. The van der Waals surface area contributed by atoms with Gasteiger partial charge in [0.25, 0.3) is 0 Å². The molecule has 54 heavy (non-hydrogen) atoms. The molecule has 0 saturated heterocycles. The second-order valence-corrected chi connectivity index (χ2v) is 17.8. The predicted molar refractivity (Wildman–Crippen MR) is 219 cm³/mol. The summed E-state index contributed by atoms with van der Waals surface area (Å²) in [6.45, 7) is 15.2. The number of ether oxygens (including phenoxy) is 1. The van der Waals surface area contributed by atoms with Gasteiger partial charge in [-0.15, -0.1) is 5.10 Å². The van der Waals surface area contributed by atoms with Crippen molar-refractivity contribution in [2.75, 3.05) is 29.6 Å². The summed E-state index contributed by atoms with van der Waals surface area (Å²) in [5, 5.41) is 17.7. The van der Waals surface area contributed by atoms with Crippen LogP contribution in [0.1, 0.15) is 92.6 Å². The fraction of sp³-hybridized carbons (Fsp3) is 0.550. The van der Waals surface area contributed by atoms with Gasteiger partial charge in [-0.2, -0.15) is 0 Å². The number of para-hydroxylation sites is 1. The van der Waals surface area contributed by atoms with Crippen LogP contribution in [0.2, 0.25) is 0 Å². The minimum Gasteiger partial charge on any atom is -0.375 e. The van der Waals surface area contributed by atoms with Gasteiger partial charge in [-0.1, -0.05) is 69.3 Å². The van der Waals surface area contributed by atoms with Gasteiger partial charge >= 0.3 is 0 Å². The zero-order valence-corrected chi connectivity index (χ0v) is 34.5. The molecule has 294 valence electrons. The lowest BCUT2D eigenvalue weighted by Gasteiger charge is -2.31. The van der Waals surface area contributed by atoms with Crippen molar-refractivity contribution in [2.45, 2.75) is 117 Å². The summed E-state index contributed by atoms with van der Waals surface area (Å²) in [6.07, 6.45) is 2.99. The Balaban J connectivity index is 1.29. The molecule has 2 aromatic carbocycles. The molecule has 0 atom stereocenters. The quantitative estimate of drug-likeness (QED) is 0.0861. The van der Waals surface area contributed by atoms with E-state index >= 15 is 0 Å². The monoisotopic (exact) mass is 779 g/mol. The summed E-state index contributed by atoms with van der Waals surface area (Å²) in [5.74, 6) is 1.45. The molecule has 1 aromatic heterocycles. The number of hydrogen-bond acceptors (Lipinski definition) is 9. The van der Waals surface area contributed by atoms with Gasteiger partial charge in [-0.05, 0) is 79.4 Å². The Morgan fingerprint density at radius 2 is 1.57 bits per heavy atom. The Labute approximate surface area is 328 Å². The van der Waals surface area contributed by atoms with E-state index in [9.17, 15) is 19.2 Å². The minimum atomic E-state index is -0.523. The first-order valence-corrected chi connectivity index (χ1v) is 21.4. The van der Waals surface area contributed by atoms with Crippen molar-refractivity contribution in [3.63, 3.8) is 0 Å². The number of aromatic nitrogens is 3. The van der Waals surface area contributed by atoms with Crippen LogP contribution in [0.5, 0.6) is 0 Å². The van der Waals surface area contributed by atoms with Crippen molar-refractivity contribution in [1.82, 2.24) is 30.9 Å². The molecule has 0 unspecified atom stereocenters. The van der Waals surface area contributed by atoms with Crippen molar-refractivity contribution in [1.29, 1.82) is 0 Å². The van der Waals surface area contributed by atoms with Crippen LogP contribution in [0.4, 0.5) is 5.69 Å². The molecule has 1 aliphatic rings. The lowest BCUT2D eigenvalue weighted by Crippen LogP contribution is -2.45. The molecule has 3 N–H and O–H groups in total. The van der Waals surface area contributed by atoms with Crippen molar-refractivity contribution < 1.29 is 23.9 Å². The first-order valence-electron chi connectivity index (χ1n) is 18.9. The van der Waals surface area contributed by atoms with Gasteiger partial charge in [0.15, 0.2) is 0 Å². The zero-order valence-electron chi connectivity index (χ0n) is 32.8. The normalized spacial score (nSPS) is 12.6. The summed E-state index contributed by atoms with van der Waals surface area (Å²) >= 11 is 0. The van der Waals surface area contributed by atoms with Gasteiger partial charge in [0.2, 0.25) is 23.6 Å². The van der Waals surface area contributed by atoms with Crippen LogP contribution in [0, 0.1) is 0 Å². The number of nitrogens with zero attached hydrogens (tertiary/aromatic N) is 4. The number of carbonyl (C=O) groups is 4. The SMILES string of the molecule is CCNC(=O)Cn1nnc2c1-c1ccccc1CN(C(=O)CCC(=O)NC(C)(C)CCOC(C)(C)CCSSCCCC(=O)NC(C)C)c1ccccc1-2. The molecule has 0 spiro atoms. The molecule has 2 heterocycles. The van der Waals surface area contributed by atoms with Gasteiger partial charge in [-0.25, -0.2) is 4.68 Å². The maximum Gasteiger partial charge on any atom is 0.241 e. The van der Waals surface area contributed by atoms with Gasteiger partial charge in [0.05, 0.1) is 23.5 Å². The van der Waals surface area contributed by atoms with E-state index in [2.05, 4.69) is 40.1 Å². The van der Waals surface area contributed by atoms with Crippen LogP contribution in [0.3, 0.4) is 0 Å². The molecule has 12 nitrogen and oxygen atoms in total. The Kier molecular flexibility index (Phi) is 16.0. The number of amides is 4. The van der Waals surface area contributed by atoms with Crippen molar-refractivity contribution in [3.05, 3.63) is 54.1 Å². The van der Waals surface area contributed by atoms with Crippen LogP contribution in [0.15, 0.2) is 48.5 Å². The van der Waals surface area contributed by atoms with E-state index in [0.717, 1.165) is 46.7 Å². The third-order valence-electron chi connectivity index (χ3n) is 8.97. The summed E-state index contributed by atoms with van der Waals surface area (Å²) in [4.78, 5) is 53.2. The fourth-order valence-electron chi connectivity index (χ4n) is 6.14. The summed E-state index contributed by atoms with van der Waals surface area (Å²) in [7, 11) is 3.59. The molecule has 0 aliphatic carbocycles. The molecule has 3 aromatic rings. The van der Waals surface area contributed by atoms with E-state index in [0.29, 0.717) is 37.4 Å². The fourth-order valence-corrected chi connectivity index (χ4v) is 8.52. The lowest BCUT2D eigenvalue weighted by atomic mass is 9.95. The number of benzene rings is 2. The Hall–Kier alpha value is -3.88. The highest BCUT2D eigenvalue weighted by Gasteiger charge is 2.30.